The Hall–Kier alpha value is -2.79. The van der Waals surface area contributed by atoms with Gasteiger partial charge in [-0.15, -0.1) is 0 Å². The summed E-state index contributed by atoms with van der Waals surface area (Å²) in [6.07, 6.45) is 1.08. The summed E-state index contributed by atoms with van der Waals surface area (Å²) in [6.45, 7) is 5.87. The lowest BCUT2D eigenvalue weighted by Gasteiger charge is -2.43. The number of ether oxygens (including phenoxy) is 2. The monoisotopic (exact) mass is 380 g/mol. The Morgan fingerprint density at radius 2 is 1.61 bits per heavy atom. The second kappa shape index (κ2) is 9.42. The van der Waals surface area contributed by atoms with Crippen LogP contribution in [-0.2, 0) is 14.3 Å². The van der Waals surface area contributed by atoms with Gasteiger partial charge in [0.2, 0.25) is 0 Å². The van der Waals surface area contributed by atoms with Crippen LogP contribution in [0.5, 0.6) is 0 Å². The number of esters is 1. The highest BCUT2D eigenvalue weighted by molar-refractivity contribution is 5.82. The zero-order valence-corrected chi connectivity index (χ0v) is 16.5. The minimum absolute atomic E-state index is 0.0985. The number of hydrogen-bond acceptors (Lipinski definition) is 5. The lowest BCUT2D eigenvalue weighted by atomic mass is 9.94. The summed E-state index contributed by atoms with van der Waals surface area (Å²) >= 11 is 0. The van der Waals surface area contributed by atoms with Gasteiger partial charge < -0.3 is 15.2 Å². The van der Waals surface area contributed by atoms with Crippen LogP contribution in [-0.4, -0.2) is 36.7 Å². The molecule has 5 nitrogen and oxygen atoms in total. The molecule has 0 atom stereocenters. The van der Waals surface area contributed by atoms with Gasteiger partial charge in [0.15, 0.2) is 5.88 Å². The molecule has 0 unspecified atom stereocenters. The molecule has 2 aromatic rings. The average Bonchev–Trinajstić information content (AvgIpc) is 2.66. The van der Waals surface area contributed by atoms with Crippen molar-refractivity contribution in [2.45, 2.75) is 26.0 Å². The van der Waals surface area contributed by atoms with E-state index in [-0.39, 0.29) is 18.0 Å². The second-order valence-corrected chi connectivity index (χ2v) is 7.49. The zero-order chi connectivity index (χ0) is 19.9. The third-order valence-corrected chi connectivity index (χ3v) is 4.60. The number of rotatable bonds is 8. The van der Waals surface area contributed by atoms with Crippen molar-refractivity contribution < 1.29 is 14.3 Å². The maximum absolute atomic E-state index is 12.0. The van der Waals surface area contributed by atoms with Crippen molar-refractivity contribution >= 4 is 5.97 Å². The Morgan fingerprint density at radius 3 is 2.11 bits per heavy atom. The van der Waals surface area contributed by atoms with Gasteiger partial charge in [-0.1, -0.05) is 74.5 Å². The maximum Gasteiger partial charge on any atom is 0.336 e. The van der Waals surface area contributed by atoms with E-state index in [4.69, 9.17) is 15.2 Å². The molecule has 1 heterocycles. The summed E-state index contributed by atoms with van der Waals surface area (Å²) < 4.78 is 10.8. The summed E-state index contributed by atoms with van der Waals surface area (Å²) in [5, 5.41) is 0. The van der Waals surface area contributed by atoms with E-state index in [1.807, 2.05) is 50.2 Å². The van der Waals surface area contributed by atoms with Crippen LogP contribution in [0, 0.1) is 5.92 Å². The molecule has 28 heavy (non-hydrogen) atoms. The molecule has 5 heteroatoms. The van der Waals surface area contributed by atoms with E-state index in [0.717, 1.165) is 0 Å². The van der Waals surface area contributed by atoms with Gasteiger partial charge in [-0.05, 0) is 17.0 Å². The first-order valence-electron chi connectivity index (χ1n) is 9.67. The topological polar surface area (TPSA) is 64.8 Å². The van der Waals surface area contributed by atoms with Gasteiger partial charge in [0.1, 0.15) is 6.10 Å². The Kier molecular flexibility index (Phi) is 6.71. The number of nitrogens with zero attached hydrogens (tertiary/aromatic N) is 1. The van der Waals surface area contributed by atoms with Crippen molar-refractivity contribution in [3.8, 4) is 0 Å². The summed E-state index contributed by atoms with van der Waals surface area (Å²) in [6, 6.07) is 20.9. The van der Waals surface area contributed by atoms with Crippen LogP contribution < -0.4 is 5.73 Å². The molecule has 0 amide bonds. The van der Waals surface area contributed by atoms with Crippen LogP contribution in [0.1, 0.15) is 31.0 Å². The standard InChI is InChI=1S/C23H28N2O3/c1-17(2)16-27-21(24)13-22(26)28-20-14-25(15-20)23(18-9-5-3-6-10-18)19-11-7-4-8-12-19/h3-13,17,20,23H,14-16,24H2,1-2H3. The van der Waals surface area contributed by atoms with E-state index in [9.17, 15) is 4.79 Å². The number of carbonyl (C=O) groups excluding carboxylic acids is 1. The van der Waals surface area contributed by atoms with Crippen molar-refractivity contribution in [2.75, 3.05) is 19.7 Å². The molecule has 0 radical (unpaired) electrons. The normalized spacial score (nSPS) is 15.5. The summed E-state index contributed by atoms with van der Waals surface area (Å²) in [7, 11) is 0. The van der Waals surface area contributed by atoms with Gasteiger partial charge in [-0.25, -0.2) is 4.79 Å². The van der Waals surface area contributed by atoms with Crippen LogP contribution in [0.4, 0.5) is 0 Å². The lowest BCUT2D eigenvalue weighted by molar-refractivity contribution is -0.152. The first-order valence-corrected chi connectivity index (χ1v) is 9.67. The molecule has 0 spiro atoms. The van der Waals surface area contributed by atoms with Crippen molar-refractivity contribution in [1.82, 2.24) is 4.90 Å². The summed E-state index contributed by atoms with van der Waals surface area (Å²) in [5.74, 6) is -0.0146. The Morgan fingerprint density at radius 1 is 1.07 bits per heavy atom. The fraction of sp³-hybridized carbons (Fsp3) is 0.348. The Labute approximate surface area is 166 Å². The third-order valence-electron chi connectivity index (χ3n) is 4.60. The summed E-state index contributed by atoms with van der Waals surface area (Å²) in [4.78, 5) is 14.4. The highest BCUT2D eigenvalue weighted by atomic mass is 16.5. The number of benzene rings is 2. The molecule has 0 aromatic heterocycles. The molecule has 2 aromatic carbocycles. The van der Waals surface area contributed by atoms with Crippen molar-refractivity contribution in [3.05, 3.63) is 83.7 Å². The predicted molar refractivity (Wildman–Crippen MR) is 109 cm³/mol. The van der Waals surface area contributed by atoms with Crippen LogP contribution in [0.2, 0.25) is 0 Å². The highest BCUT2D eigenvalue weighted by Gasteiger charge is 2.36. The van der Waals surface area contributed by atoms with E-state index >= 15 is 0 Å². The third kappa shape index (κ3) is 5.36. The molecule has 1 saturated heterocycles. The van der Waals surface area contributed by atoms with Crippen LogP contribution in [0.15, 0.2) is 72.6 Å². The quantitative estimate of drug-likeness (QED) is 0.432. The highest BCUT2D eigenvalue weighted by Crippen LogP contribution is 2.32. The number of carbonyl (C=O) groups is 1. The SMILES string of the molecule is CC(C)COC(N)=CC(=O)OC1CN(C(c2ccccc2)c2ccccc2)C1. The van der Waals surface area contributed by atoms with E-state index < -0.39 is 5.97 Å². The molecule has 0 aliphatic carbocycles. The Balaban J connectivity index is 1.59. The molecule has 1 fully saturated rings. The van der Waals surface area contributed by atoms with E-state index in [1.54, 1.807) is 0 Å². The predicted octanol–water partition coefficient (Wildman–Crippen LogP) is 3.48. The molecule has 0 saturated carbocycles. The smallest absolute Gasteiger partial charge is 0.336 e. The lowest BCUT2D eigenvalue weighted by Crippen LogP contribution is -2.54. The van der Waals surface area contributed by atoms with E-state index in [0.29, 0.717) is 25.6 Å². The first kappa shape index (κ1) is 20.0. The van der Waals surface area contributed by atoms with Gasteiger partial charge in [-0.2, -0.15) is 0 Å². The van der Waals surface area contributed by atoms with Crippen LogP contribution >= 0.6 is 0 Å². The van der Waals surface area contributed by atoms with Crippen molar-refractivity contribution in [2.24, 2.45) is 11.7 Å². The number of hydrogen-bond donors (Lipinski definition) is 1. The average molecular weight is 380 g/mol. The van der Waals surface area contributed by atoms with Crippen LogP contribution in [0.3, 0.4) is 0 Å². The minimum Gasteiger partial charge on any atom is -0.479 e. The molecular formula is C23H28N2O3. The maximum atomic E-state index is 12.0. The van der Waals surface area contributed by atoms with Gasteiger partial charge >= 0.3 is 5.97 Å². The van der Waals surface area contributed by atoms with Gasteiger partial charge in [0.25, 0.3) is 0 Å². The fourth-order valence-corrected chi connectivity index (χ4v) is 3.26. The largest absolute Gasteiger partial charge is 0.479 e. The van der Waals surface area contributed by atoms with Crippen molar-refractivity contribution in [1.29, 1.82) is 0 Å². The second-order valence-electron chi connectivity index (χ2n) is 7.49. The fourth-order valence-electron chi connectivity index (χ4n) is 3.26. The molecular weight excluding hydrogens is 352 g/mol. The van der Waals surface area contributed by atoms with Crippen LogP contribution in [0.25, 0.3) is 0 Å². The van der Waals surface area contributed by atoms with Gasteiger partial charge in [0.05, 0.1) is 18.7 Å². The molecule has 3 rings (SSSR count). The summed E-state index contributed by atoms with van der Waals surface area (Å²) in [5.41, 5.74) is 8.17. The van der Waals surface area contributed by atoms with Gasteiger partial charge in [-0.3, -0.25) is 4.90 Å². The molecule has 148 valence electrons. The molecule has 1 aliphatic rings. The Bertz CT molecular complexity index is 745. The van der Waals surface area contributed by atoms with Gasteiger partial charge in [0, 0.05) is 13.1 Å². The minimum atomic E-state index is -0.457. The number of nitrogens with two attached hydrogens (primary N) is 1. The zero-order valence-electron chi connectivity index (χ0n) is 16.5. The first-order chi connectivity index (χ1) is 13.5. The molecule has 0 bridgehead atoms. The van der Waals surface area contributed by atoms with Crippen molar-refractivity contribution in [3.63, 3.8) is 0 Å². The molecule has 1 aliphatic heterocycles. The van der Waals surface area contributed by atoms with E-state index in [2.05, 4.69) is 29.2 Å². The van der Waals surface area contributed by atoms with E-state index in [1.165, 1.54) is 17.2 Å². The molecule has 2 N–H and O–H groups in total. The number of likely N-dealkylation sites (tertiary alicyclic amines) is 1.